The van der Waals surface area contributed by atoms with Gasteiger partial charge in [0, 0.05) is 23.0 Å². The Bertz CT molecular complexity index is 654. The molecule has 2 atom stereocenters. The maximum Gasteiger partial charge on any atom is 0.422 e. The number of hydrogen-bond donors (Lipinski definition) is 2. The second-order valence-electron chi connectivity index (χ2n) is 7.23. The molecule has 3 rings (SSSR count). The molecule has 2 bridgehead atoms. The summed E-state index contributed by atoms with van der Waals surface area (Å²) in [7, 11) is 0. The van der Waals surface area contributed by atoms with Crippen LogP contribution < -0.4 is 15.8 Å². The van der Waals surface area contributed by atoms with Crippen molar-refractivity contribution in [1.82, 2.24) is 0 Å². The standard InChI is InChI=1S/C18H22ClF3N2O2/c19-13-4-5-14(15(8-13)26-9-18(20,21)22)24-17(25)12-6-10-2-1-3-11(7-12)16(10)23/h4-5,8,10-12,16H,1-3,6-7,9,23H2,(H,24,25). The lowest BCUT2D eigenvalue weighted by Gasteiger charge is -2.43. The highest BCUT2D eigenvalue weighted by atomic mass is 35.5. The number of anilines is 1. The number of rotatable bonds is 4. The summed E-state index contributed by atoms with van der Waals surface area (Å²) in [6.07, 6.45) is 0.168. The number of halogens is 4. The van der Waals surface area contributed by atoms with Gasteiger partial charge in [0.15, 0.2) is 6.61 Å². The Labute approximate surface area is 155 Å². The summed E-state index contributed by atoms with van der Waals surface area (Å²) >= 11 is 5.84. The number of nitrogens with two attached hydrogens (primary N) is 1. The van der Waals surface area contributed by atoms with Crippen LogP contribution in [0.2, 0.25) is 5.02 Å². The molecule has 2 aliphatic rings. The van der Waals surface area contributed by atoms with Gasteiger partial charge in [0.1, 0.15) is 5.75 Å². The van der Waals surface area contributed by atoms with Gasteiger partial charge in [0.2, 0.25) is 5.91 Å². The van der Waals surface area contributed by atoms with Crippen molar-refractivity contribution in [1.29, 1.82) is 0 Å². The predicted molar refractivity (Wildman–Crippen MR) is 93.2 cm³/mol. The number of carbonyl (C=O) groups is 1. The van der Waals surface area contributed by atoms with Crippen molar-refractivity contribution in [2.45, 2.75) is 44.3 Å². The van der Waals surface area contributed by atoms with E-state index in [1.165, 1.54) is 18.2 Å². The van der Waals surface area contributed by atoms with Gasteiger partial charge < -0.3 is 15.8 Å². The number of amides is 1. The van der Waals surface area contributed by atoms with E-state index < -0.39 is 12.8 Å². The van der Waals surface area contributed by atoms with Crippen molar-refractivity contribution in [2.75, 3.05) is 11.9 Å². The normalized spacial score (nSPS) is 28.5. The molecule has 1 aromatic rings. The van der Waals surface area contributed by atoms with Crippen LogP contribution in [0, 0.1) is 17.8 Å². The predicted octanol–water partition coefficient (Wildman–Crippen LogP) is 4.37. The van der Waals surface area contributed by atoms with Crippen LogP contribution >= 0.6 is 11.6 Å². The molecule has 2 unspecified atom stereocenters. The minimum Gasteiger partial charge on any atom is -0.482 e. The summed E-state index contributed by atoms with van der Waals surface area (Å²) in [4.78, 5) is 12.7. The molecule has 0 radical (unpaired) electrons. The summed E-state index contributed by atoms with van der Waals surface area (Å²) in [5, 5.41) is 2.95. The van der Waals surface area contributed by atoms with Gasteiger partial charge in [0.25, 0.3) is 0 Å². The van der Waals surface area contributed by atoms with Gasteiger partial charge in [-0.05, 0) is 49.7 Å². The van der Waals surface area contributed by atoms with E-state index in [2.05, 4.69) is 5.32 Å². The summed E-state index contributed by atoms with van der Waals surface area (Å²) in [5.74, 6) is 0.203. The molecular weight excluding hydrogens is 369 g/mol. The molecule has 2 aliphatic carbocycles. The van der Waals surface area contributed by atoms with E-state index in [-0.39, 0.29) is 34.3 Å². The molecule has 2 fully saturated rings. The van der Waals surface area contributed by atoms with Gasteiger partial charge in [-0.1, -0.05) is 18.0 Å². The van der Waals surface area contributed by atoms with E-state index in [9.17, 15) is 18.0 Å². The summed E-state index contributed by atoms with van der Waals surface area (Å²) in [6.45, 7) is -1.45. The third-order valence-electron chi connectivity index (χ3n) is 5.38. The molecule has 0 aromatic heterocycles. The van der Waals surface area contributed by atoms with Gasteiger partial charge >= 0.3 is 6.18 Å². The van der Waals surface area contributed by atoms with Crippen molar-refractivity contribution in [3.63, 3.8) is 0 Å². The number of benzene rings is 1. The van der Waals surface area contributed by atoms with Gasteiger partial charge in [-0.15, -0.1) is 0 Å². The summed E-state index contributed by atoms with van der Waals surface area (Å²) in [6, 6.07) is 4.38. The molecule has 3 N–H and O–H groups in total. The van der Waals surface area contributed by atoms with Crippen LogP contribution in [0.25, 0.3) is 0 Å². The van der Waals surface area contributed by atoms with Crippen molar-refractivity contribution in [3.8, 4) is 5.75 Å². The van der Waals surface area contributed by atoms with Crippen LogP contribution in [0.4, 0.5) is 18.9 Å². The van der Waals surface area contributed by atoms with Crippen molar-refractivity contribution in [2.24, 2.45) is 23.5 Å². The zero-order valence-corrected chi connectivity index (χ0v) is 14.9. The van der Waals surface area contributed by atoms with Crippen molar-refractivity contribution < 1.29 is 22.7 Å². The molecule has 2 saturated carbocycles. The lowest BCUT2D eigenvalue weighted by atomic mass is 9.65. The molecule has 1 aromatic carbocycles. The van der Waals surface area contributed by atoms with Gasteiger partial charge in [-0.3, -0.25) is 4.79 Å². The molecule has 0 aliphatic heterocycles. The lowest BCUT2D eigenvalue weighted by molar-refractivity contribution is -0.153. The van der Waals surface area contributed by atoms with E-state index in [4.69, 9.17) is 22.1 Å². The number of carbonyl (C=O) groups excluding carboxylic acids is 1. The average Bonchev–Trinajstić information content (AvgIpc) is 2.54. The zero-order chi connectivity index (χ0) is 18.9. The van der Waals surface area contributed by atoms with E-state index in [1.54, 1.807) is 0 Å². The lowest BCUT2D eigenvalue weighted by Crippen LogP contribution is -2.48. The fraction of sp³-hybridized carbons (Fsp3) is 0.611. The Hall–Kier alpha value is -1.47. The van der Waals surface area contributed by atoms with Gasteiger partial charge in [-0.2, -0.15) is 13.2 Å². The second-order valence-corrected chi connectivity index (χ2v) is 7.67. The van der Waals surface area contributed by atoms with E-state index in [1.807, 2.05) is 0 Å². The Morgan fingerprint density at radius 3 is 2.54 bits per heavy atom. The first-order chi connectivity index (χ1) is 12.2. The van der Waals surface area contributed by atoms with Gasteiger partial charge in [-0.25, -0.2) is 0 Å². The third-order valence-corrected chi connectivity index (χ3v) is 5.61. The second kappa shape index (κ2) is 7.64. The highest BCUT2D eigenvalue weighted by molar-refractivity contribution is 6.30. The maximum absolute atomic E-state index is 12.7. The highest BCUT2D eigenvalue weighted by Gasteiger charge is 2.40. The molecule has 0 spiro atoms. The summed E-state index contributed by atoms with van der Waals surface area (Å²) in [5.41, 5.74) is 6.45. The van der Waals surface area contributed by atoms with E-state index in [0.717, 1.165) is 32.1 Å². The number of hydrogen-bond acceptors (Lipinski definition) is 3. The minimum absolute atomic E-state index is 0.0871. The first-order valence-corrected chi connectivity index (χ1v) is 9.16. The molecule has 8 heteroatoms. The number of ether oxygens (including phenoxy) is 1. The average molecular weight is 391 g/mol. The summed E-state index contributed by atoms with van der Waals surface area (Å²) < 4.78 is 42.1. The molecule has 0 saturated heterocycles. The Balaban J connectivity index is 1.69. The molecular formula is C18H22ClF3N2O2. The Morgan fingerprint density at radius 1 is 1.27 bits per heavy atom. The van der Waals surface area contributed by atoms with Crippen LogP contribution in [0.5, 0.6) is 5.75 Å². The molecule has 1 amide bonds. The maximum atomic E-state index is 12.7. The first kappa shape index (κ1) is 19.3. The van der Waals surface area contributed by atoms with Crippen molar-refractivity contribution >= 4 is 23.2 Å². The van der Waals surface area contributed by atoms with Crippen molar-refractivity contribution in [3.05, 3.63) is 23.2 Å². The number of nitrogens with one attached hydrogen (secondary N) is 1. The molecule has 26 heavy (non-hydrogen) atoms. The quantitative estimate of drug-likeness (QED) is 0.802. The third kappa shape index (κ3) is 4.62. The smallest absolute Gasteiger partial charge is 0.422 e. The fourth-order valence-electron chi connectivity index (χ4n) is 4.12. The monoisotopic (exact) mass is 390 g/mol. The van der Waals surface area contributed by atoms with Crippen LogP contribution in [0.3, 0.4) is 0 Å². The Morgan fingerprint density at radius 2 is 1.92 bits per heavy atom. The molecule has 144 valence electrons. The van der Waals surface area contributed by atoms with E-state index >= 15 is 0 Å². The molecule has 0 heterocycles. The van der Waals surface area contributed by atoms with Crippen LogP contribution in [-0.2, 0) is 4.79 Å². The molecule has 4 nitrogen and oxygen atoms in total. The first-order valence-electron chi connectivity index (χ1n) is 8.78. The SMILES string of the molecule is NC1C2CCCC1CC(C(=O)Nc1ccc(Cl)cc1OCC(F)(F)F)C2. The minimum atomic E-state index is -4.47. The Kier molecular flexibility index (Phi) is 5.67. The van der Waals surface area contributed by atoms with E-state index in [0.29, 0.717) is 11.8 Å². The van der Waals surface area contributed by atoms with Crippen LogP contribution in [0.15, 0.2) is 18.2 Å². The topological polar surface area (TPSA) is 64.4 Å². The zero-order valence-electron chi connectivity index (χ0n) is 14.2. The number of alkyl halides is 3. The van der Waals surface area contributed by atoms with Crippen LogP contribution in [-0.4, -0.2) is 24.7 Å². The van der Waals surface area contributed by atoms with Crippen LogP contribution in [0.1, 0.15) is 32.1 Å². The fourth-order valence-corrected chi connectivity index (χ4v) is 4.28. The largest absolute Gasteiger partial charge is 0.482 e. The van der Waals surface area contributed by atoms with Gasteiger partial charge in [0.05, 0.1) is 5.69 Å². The highest BCUT2D eigenvalue weighted by Crippen LogP contribution is 2.42. The number of fused-ring (bicyclic) bond motifs is 2.